The SMILES string of the molecule is Cc1nc2cc(-c3ncc(Cc4ccc(F)cc4)s3)nn2c(N2CCC(C)(C3CC3)CC2)c1C(OC(C)(C)C)C(=O)O. The van der Waals surface area contributed by atoms with Gasteiger partial charge in [0.15, 0.2) is 11.8 Å². The number of fused-ring (bicyclic) bond motifs is 1. The van der Waals surface area contributed by atoms with E-state index in [0.29, 0.717) is 34.4 Å². The van der Waals surface area contributed by atoms with E-state index in [1.807, 2.05) is 40.0 Å². The molecule has 3 aromatic heterocycles. The number of rotatable bonds is 8. The van der Waals surface area contributed by atoms with Crippen molar-refractivity contribution in [3.63, 3.8) is 0 Å². The molecule has 0 amide bonds. The van der Waals surface area contributed by atoms with Crippen LogP contribution in [0, 0.1) is 24.1 Å². The van der Waals surface area contributed by atoms with E-state index in [9.17, 15) is 14.3 Å². The molecule has 0 radical (unpaired) electrons. The number of carboxylic acid groups (broad SMARTS) is 1. The van der Waals surface area contributed by atoms with Crippen molar-refractivity contribution in [3.8, 4) is 10.7 Å². The van der Waals surface area contributed by atoms with Gasteiger partial charge in [-0.3, -0.25) is 0 Å². The standard InChI is InChI=1S/C32H38FN5O3S/c1-19-26(27(30(39)40)41-31(2,3)4)29(37-14-12-32(5,13-15-37)21-8-9-21)38-25(35-19)17-24(36-38)28-34-18-23(42-28)16-20-6-10-22(33)11-7-20/h6-7,10-11,17-18,21,27H,8-9,12-16H2,1-5H3,(H,39,40). The van der Waals surface area contributed by atoms with Gasteiger partial charge in [0.25, 0.3) is 0 Å². The Hall–Kier alpha value is -3.37. The molecule has 222 valence electrons. The van der Waals surface area contributed by atoms with Crippen LogP contribution < -0.4 is 4.90 Å². The number of hydrogen-bond donors (Lipinski definition) is 1. The Balaban J connectivity index is 1.41. The first-order chi connectivity index (χ1) is 19.9. The number of carbonyl (C=O) groups is 1. The third-order valence-electron chi connectivity index (χ3n) is 8.59. The van der Waals surface area contributed by atoms with Crippen LogP contribution in [0.4, 0.5) is 10.2 Å². The molecule has 0 spiro atoms. The van der Waals surface area contributed by atoms with Crippen LogP contribution in [0.25, 0.3) is 16.3 Å². The summed E-state index contributed by atoms with van der Waals surface area (Å²) in [5.74, 6) is 0.226. The summed E-state index contributed by atoms with van der Waals surface area (Å²) in [6.45, 7) is 11.5. The Morgan fingerprint density at radius 3 is 2.52 bits per heavy atom. The fourth-order valence-corrected chi connectivity index (χ4v) is 7.05. The minimum absolute atomic E-state index is 0.254. The van der Waals surface area contributed by atoms with E-state index in [2.05, 4.69) is 16.8 Å². The van der Waals surface area contributed by atoms with Crippen molar-refractivity contribution in [2.75, 3.05) is 18.0 Å². The van der Waals surface area contributed by atoms with Gasteiger partial charge in [-0.15, -0.1) is 11.3 Å². The van der Waals surface area contributed by atoms with E-state index in [4.69, 9.17) is 14.8 Å². The van der Waals surface area contributed by atoms with Crippen molar-refractivity contribution in [1.29, 1.82) is 0 Å². The zero-order valence-corrected chi connectivity index (χ0v) is 25.7. The van der Waals surface area contributed by atoms with Crippen LogP contribution in [0.2, 0.25) is 0 Å². The summed E-state index contributed by atoms with van der Waals surface area (Å²) in [4.78, 5) is 25.5. The monoisotopic (exact) mass is 591 g/mol. The number of ether oxygens (including phenoxy) is 1. The summed E-state index contributed by atoms with van der Waals surface area (Å²) in [6, 6.07) is 8.42. The number of piperidine rings is 1. The molecule has 1 saturated carbocycles. The maximum atomic E-state index is 13.4. The van der Waals surface area contributed by atoms with Crippen molar-refractivity contribution in [2.24, 2.45) is 11.3 Å². The molecule has 4 aromatic rings. The molecule has 1 unspecified atom stereocenters. The lowest BCUT2D eigenvalue weighted by atomic mass is 9.76. The van der Waals surface area contributed by atoms with E-state index in [1.165, 1.54) is 36.3 Å². The highest BCUT2D eigenvalue weighted by Crippen LogP contribution is 2.52. The molecule has 2 aliphatic rings. The fourth-order valence-electron chi connectivity index (χ4n) is 6.15. The number of aryl methyl sites for hydroxylation is 1. The Bertz CT molecular complexity index is 1610. The van der Waals surface area contributed by atoms with Crippen molar-refractivity contribution < 1.29 is 19.0 Å². The molecule has 1 aliphatic heterocycles. The fraction of sp³-hybridized carbons (Fsp3) is 0.500. The number of aliphatic carboxylic acids is 1. The number of thiazole rings is 1. The first-order valence-corrected chi connectivity index (χ1v) is 15.5. The second kappa shape index (κ2) is 10.7. The molecular formula is C32H38FN5O3S. The molecule has 4 heterocycles. The predicted octanol–water partition coefficient (Wildman–Crippen LogP) is 6.85. The Labute approximate surface area is 249 Å². The van der Waals surface area contributed by atoms with Gasteiger partial charge >= 0.3 is 5.97 Å². The quantitative estimate of drug-likeness (QED) is 0.240. The molecule has 0 bridgehead atoms. The summed E-state index contributed by atoms with van der Waals surface area (Å²) in [5, 5.41) is 16.1. The summed E-state index contributed by atoms with van der Waals surface area (Å²) in [7, 11) is 0. The molecule has 1 N–H and O–H groups in total. The molecule has 1 aromatic carbocycles. The maximum Gasteiger partial charge on any atom is 0.337 e. The van der Waals surface area contributed by atoms with Crippen LogP contribution in [0.1, 0.15) is 81.2 Å². The third-order valence-corrected chi connectivity index (χ3v) is 9.61. The number of halogens is 1. The van der Waals surface area contributed by atoms with Crippen molar-refractivity contribution in [3.05, 3.63) is 64.0 Å². The number of aromatic nitrogens is 4. The summed E-state index contributed by atoms with van der Waals surface area (Å²) in [5.41, 5.74) is 3.14. The van der Waals surface area contributed by atoms with Crippen LogP contribution in [-0.4, -0.2) is 49.3 Å². The molecule has 1 atom stereocenters. The molecule has 1 saturated heterocycles. The Morgan fingerprint density at radius 2 is 1.90 bits per heavy atom. The van der Waals surface area contributed by atoms with E-state index in [-0.39, 0.29) is 5.82 Å². The number of nitrogens with zero attached hydrogens (tertiary/aromatic N) is 5. The zero-order valence-electron chi connectivity index (χ0n) is 24.9. The van der Waals surface area contributed by atoms with Crippen LogP contribution in [-0.2, 0) is 16.0 Å². The van der Waals surface area contributed by atoms with E-state index in [0.717, 1.165) is 53.1 Å². The first-order valence-electron chi connectivity index (χ1n) is 14.7. The van der Waals surface area contributed by atoms with Gasteiger partial charge in [-0.1, -0.05) is 19.1 Å². The average Bonchev–Trinajstić information content (AvgIpc) is 3.56. The lowest BCUT2D eigenvalue weighted by Crippen LogP contribution is -2.42. The highest BCUT2D eigenvalue weighted by Gasteiger charge is 2.44. The molecule has 42 heavy (non-hydrogen) atoms. The molecular weight excluding hydrogens is 553 g/mol. The van der Waals surface area contributed by atoms with E-state index in [1.54, 1.807) is 16.6 Å². The Morgan fingerprint density at radius 1 is 1.21 bits per heavy atom. The second-order valence-corrected chi connectivity index (χ2v) is 14.1. The smallest absolute Gasteiger partial charge is 0.337 e. The van der Waals surface area contributed by atoms with Crippen molar-refractivity contribution in [1.82, 2.24) is 19.6 Å². The van der Waals surface area contributed by atoms with Crippen LogP contribution in [0.5, 0.6) is 0 Å². The van der Waals surface area contributed by atoms with Gasteiger partial charge in [-0.25, -0.2) is 19.2 Å². The largest absolute Gasteiger partial charge is 0.479 e. The van der Waals surface area contributed by atoms with Gasteiger partial charge < -0.3 is 14.7 Å². The number of carboxylic acids is 1. The normalized spacial score (nSPS) is 18.0. The number of anilines is 1. The van der Waals surface area contributed by atoms with Crippen LogP contribution in [0.3, 0.4) is 0 Å². The number of benzene rings is 1. The lowest BCUT2D eigenvalue weighted by molar-refractivity contribution is -0.160. The van der Waals surface area contributed by atoms with Crippen LogP contribution >= 0.6 is 11.3 Å². The highest BCUT2D eigenvalue weighted by molar-refractivity contribution is 7.15. The second-order valence-electron chi connectivity index (χ2n) is 13.0. The maximum absolute atomic E-state index is 13.4. The lowest BCUT2D eigenvalue weighted by Gasteiger charge is -2.42. The zero-order chi connectivity index (χ0) is 29.8. The predicted molar refractivity (Wildman–Crippen MR) is 162 cm³/mol. The number of hydrogen-bond acceptors (Lipinski definition) is 7. The third kappa shape index (κ3) is 5.79. The van der Waals surface area contributed by atoms with Gasteiger partial charge in [-0.2, -0.15) is 9.61 Å². The summed E-state index contributed by atoms with van der Waals surface area (Å²) < 4.78 is 21.3. The van der Waals surface area contributed by atoms with Gasteiger partial charge in [0, 0.05) is 42.3 Å². The van der Waals surface area contributed by atoms with Gasteiger partial charge in [0.2, 0.25) is 0 Å². The van der Waals surface area contributed by atoms with Gasteiger partial charge in [0.05, 0.1) is 11.2 Å². The molecule has 10 heteroatoms. The van der Waals surface area contributed by atoms with Gasteiger partial charge in [-0.05, 0) is 82.4 Å². The topological polar surface area (TPSA) is 92.9 Å². The van der Waals surface area contributed by atoms with Gasteiger partial charge in [0.1, 0.15) is 22.3 Å². The van der Waals surface area contributed by atoms with E-state index < -0.39 is 17.7 Å². The molecule has 6 rings (SSSR count). The van der Waals surface area contributed by atoms with E-state index >= 15 is 0 Å². The Kier molecular flexibility index (Phi) is 7.33. The van der Waals surface area contributed by atoms with Crippen LogP contribution in [0.15, 0.2) is 36.5 Å². The minimum Gasteiger partial charge on any atom is -0.479 e. The summed E-state index contributed by atoms with van der Waals surface area (Å²) >= 11 is 1.54. The average molecular weight is 592 g/mol. The molecule has 1 aliphatic carbocycles. The molecule has 2 fully saturated rings. The highest BCUT2D eigenvalue weighted by atomic mass is 32.1. The van der Waals surface area contributed by atoms with Crippen molar-refractivity contribution >= 4 is 28.8 Å². The minimum atomic E-state index is -1.19. The van der Waals surface area contributed by atoms with Crippen molar-refractivity contribution in [2.45, 2.75) is 78.4 Å². The first kappa shape index (κ1) is 28.7. The summed E-state index contributed by atoms with van der Waals surface area (Å²) in [6.07, 6.45) is 6.00. The molecule has 8 nitrogen and oxygen atoms in total.